The summed E-state index contributed by atoms with van der Waals surface area (Å²) in [4.78, 5) is 18.1. The fraction of sp³-hybridized carbons (Fsp3) is 0.429. The van der Waals surface area contributed by atoms with Crippen molar-refractivity contribution >= 4 is 5.91 Å². The van der Waals surface area contributed by atoms with Crippen molar-refractivity contribution in [2.45, 2.75) is 37.9 Å². The van der Waals surface area contributed by atoms with E-state index in [1.54, 1.807) is 12.4 Å². The molecule has 1 saturated carbocycles. The Morgan fingerprint density at radius 1 is 1.67 bits per heavy atom. The van der Waals surface area contributed by atoms with E-state index in [0.29, 0.717) is 12.6 Å². The molecule has 1 fully saturated rings. The molecule has 0 saturated heterocycles. The Bertz CT molecular complexity index is 448. The highest BCUT2D eigenvalue weighted by atomic mass is 16.2. The van der Waals surface area contributed by atoms with Gasteiger partial charge in [0.25, 0.3) is 0 Å². The highest BCUT2D eigenvalue weighted by molar-refractivity contribution is 5.82. The Hall–Kier alpha value is -1.86. The van der Waals surface area contributed by atoms with Crippen LogP contribution >= 0.6 is 0 Å². The van der Waals surface area contributed by atoms with Gasteiger partial charge >= 0.3 is 0 Å². The molecule has 0 bridgehead atoms. The minimum Gasteiger partial charge on any atom is -0.334 e. The van der Waals surface area contributed by atoms with Crippen molar-refractivity contribution in [1.82, 2.24) is 9.88 Å². The van der Waals surface area contributed by atoms with Crippen LogP contribution in [0.4, 0.5) is 0 Å². The maximum Gasteiger partial charge on any atom is 0.241 e. The molecule has 2 rings (SSSR count). The Balaban J connectivity index is 2.05. The van der Waals surface area contributed by atoms with Crippen LogP contribution < -0.4 is 5.73 Å². The zero-order chi connectivity index (χ0) is 13.0. The Morgan fingerprint density at radius 2 is 2.44 bits per heavy atom. The second-order valence-electron chi connectivity index (χ2n) is 4.57. The predicted molar refractivity (Wildman–Crippen MR) is 69.2 cm³/mol. The topological polar surface area (TPSA) is 59.2 Å². The van der Waals surface area contributed by atoms with E-state index in [9.17, 15) is 4.79 Å². The van der Waals surface area contributed by atoms with Gasteiger partial charge in [-0.25, -0.2) is 0 Å². The van der Waals surface area contributed by atoms with Gasteiger partial charge in [-0.3, -0.25) is 9.78 Å². The van der Waals surface area contributed by atoms with Crippen LogP contribution in [0, 0.1) is 12.3 Å². The lowest BCUT2D eigenvalue weighted by atomic mass is 10.1. The van der Waals surface area contributed by atoms with Gasteiger partial charge in [0.1, 0.15) is 0 Å². The molecular formula is C14H17N3O. The van der Waals surface area contributed by atoms with Gasteiger partial charge in [0.05, 0.1) is 6.04 Å². The van der Waals surface area contributed by atoms with Crippen molar-refractivity contribution in [2.24, 2.45) is 5.73 Å². The molecule has 1 aromatic rings. The molecule has 18 heavy (non-hydrogen) atoms. The van der Waals surface area contributed by atoms with E-state index in [2.05, 4.69) is 10.9 Å². The minimum absolute atomic E-state index is 0.0562. The Kier molecular flexibility index (Phi) is 3.96. The fourth-order valence-electron chi connectivity index (χ4n) is 1.89. The van der Waals surface area contributed by atoms with E-state index in [-0.39, 0.29) is 12.3 Å². The van der Waals surface area contributed by atoms with Crippen molar-refractivity contribution in [1.29, 1.82) is 0 Å². The molecule has 1 heterocycles. The number of terminal acetylenes is 1. The van der Waals surface area contributed by atoms with Gasteiger partial charge in [-0.15, -0.1) is 12.3 Å². The molecule has 1 aliphatic carbocycles. The van der Waals surface area contributed by atoms with Crippen LogP contribution in [0.5, 0.6) is 0 Å². The maximum atomic E-state index is 12.2. The predicted octanol–water partition coefficient (Wildman–Crippen LogP) is 0.923. The van der Waals surface area contributed by atoms with E-state index in [1.807, 2.05) is 17.0 Å². The van der Waals surface area contributed by atoms with Gasteiger partial charge in [-0.05, 0) is 24.5 Å². The normalized spacial score (nSPS) is 15.8. The molecule has 1 aromatic heterocycles. The molecule has 0 aliphatic heterocycles. The van der Waals surface area contributed by atoms with Gasteiger partial charge in [0.2, 0.25) is 5.91 Å². The number of hydrogen-bond acceptors (Lipinski definition) is 3. The Morgan fingerprint density at radius 3 is 3.00 bits per heavy atom. The van der Waals surface area contributed by atoms with E-state index in [0.717, 1.165) is 18.4 Å². The third-order valence-corrected chi connectivity index (χ3v) is 3.00. The first kappa shape index (κ1) is 12.6. The van der Waals surface area contributed by atoms with Gasteiger partial charge in [-0.1, -0.05) is 6.07 Å². The van der Waals surface area contributed by atoms with Crippen LogP contribution in [0.2, 0.25) is 0 Å². The lowest BCUT2D eigenvalue weighted by Gasteiger charge is -2.25. The summed E-state index contributed by atoms with van der Waals surface area (Å²) in [5.74, 6) is 2.39. The van der Waals surface area contributed by atoms with Gasteiger partial charge in [-0.2, -0.15) is 0 Å². The number of nitrogens with zero attached hydrogens (tertiary/aromatic N) is 2. The quantitative estimate of drug-likeness (QED) is 0.782. The monoisotopic (exact) mass is 243 g/mol. The number of pyridine rings is 1. The van der Waals surface area contributed by atoms with E-state index < -0.39 is 6.04 Å². The lowest BCUT2D eigenvalue weighted by Crippen LogP contribution is -2.44. The molecule has 1 atom stereocenters. The average molecular weight is 243 g/mol. The lowest BCUT2D eigenvalue weighted by molar-refractivity contribution is -0.133. The van der Waals surface area contributed by atoms with Crippen LogP contribution in [-0.2, 0) is 11.3 Å². The summed E-state index contributed by atoms with van der Waals surface area (Å²) in [6.45, 7) is 0.565. The number of carbonyl (C=O) groups excluding carboxylic acids is 1. The van der Waals surface area contributed by atoms with Gasteiger partial charge in [0, 0.05) is 31.4 Å². The van der Waals surface area contributed by atoms with E-state index in [4.69, 9.17) is 12.2 Å². The van der Waals surface area contributed by atoms with Crippen molar-refractivity contribution in [3.63, 3.8) is 0 Å². The van der Waals surface area contributed by atoms with Crippen LogP contribution in [0.3, 0.4) is 0 Å². The number of rotatable bonds is 5. The second-order valence-corrected chi connectivity index (χ2v) is 4.57. The van der Waals surface area contributed by atoms with Crippen LogP contribution in [-0.4, -0.2) is 27.9 Å². The Labute approximate surface area is 107 Å². The zero-order valence-corrected chi connectivity index (χ0v) is 10.2. The molecule has 4 heteroatoms. The van der Waals surface area contributed by atoms with Crippen molar-refractivity contribution in [2.75, 3.05) is 0 Å². The summed E-state index contributed by atoms with van der Waals surface area (Å²) in [5.41, 5.74) is 6.82. The van der Waals surface area contributed by atoms with E-state index >= 15 is 0 Å². The second kappa shape index (κ2) is 5.65. The highest BCUT2D eigenvalue weighted by Gasteiger charge is 2.34. The minimum atomic E-state index is -0.590. The largest absolute Gasteiger partial charge is 0.334 e. The first-order chi connectivity index (χ1) is 8.72. The third kappa shape index (κ3) is 3.08. The van der Waals surface area contributed by atoms with Crippen molar-refractivity contribution in [3.8, 4) is 12.3 Å². The number of hydrogen-bond donors (Lipinski definition) is 1. The van der Waals surface area contributed by atoms with Crippen molar-refractivity contribution < 1.29 is 4.79 Å². The highest BCUT2D eigenvalue weighted by Crippen LogP contribution is 2.28. The summed E-state index contributed by atoms with van der Waals surface area (Å²) in [6, 6.07) is 3.56. The maximum absolute atomic E-state index is 12.2. The summed E-state index contributed by atoms with van der Waals surface area (Å²) in [6.07, 6.45) is 11.1. The van der Waals surface area contributed by atoms with Gasteiger partial charge in [0.15, 0.2) is 0 Å². The summed E-state index contributed by atoms with van der Waals surface area (Å²) < 4.78 is 0. The summed E-state index contributed by atoms with van der Waals surface area (Å²) in [5, 5.41) is 0. The smallest absolute Gasteiger partial charge is 0.241 e. The number of amides is 1. The molecule has 1 amide bonds. The zero-order valence-electron chi connectivity index (χ0n) is 10.2. The first-order valence-electron chi connectivity index (χ1n) is 6.11. The SMILES string of the molecule is C#CCC(N)C(=O)N(Cc1cccnc1)C1CC1. The molecule has 94 valence electrons. The summed E-state index contributed by atoms with van der Waals surface area (Å²) >= 11 is 0. The molecule has 0 aromatic carbocycles. The average Bonchev–Trinajstić information content (AvgIpc) is 3.21. The molecule has 0 spiro atoms. The van der Waals surface area contributed by atoms with E-state index in [1.165, 1.54) is 0 Å². The number of nitrogens with two attached hydrogens (primary N) is 1. The van der Waals surface area contributed by atoms with Crippen LogP contribution in [0.15, 0.2) is 24.5 Å². The van der Waals surface area contributed by atoms with Crippen LogP contribution in [0.25, 0.3) is 0 Å². The molecule has 1 unspecified atom stereocenters. The molecule has 0 radical (unpaired) electrons. The number of aromatic nitrogens is 1. The number of carbonyl (C=O) groups is 1. The van der Waals surface area contributed by atoms with Gasteiger partial charge < -0.3 is 10.6 Å². The van der Waals surface area contributed by atoms with Crippen molar-refractivity contribution in [3.05, 3.63) is 30.1 Å². The first-order valence-corrected chi connectivity index (χ1v) is 6.11. The molecule has 2 N–H and O–H groups in total. The summed E-state index contributed by atoms with van der Waals surface area (Å²) in [7, 11) is 0. The van der Waals surface area contributed by atoms with Crippen LogP contribution in [0.1, 0.15) is 24.8 Å². The standard InChI is InChI=1S/C14H17N3O/c1-2-4-13(15)14(18)17(12-6-7-12)10-11-5-3-8-16-9-11/h1,3,5,8-9,12-13H,4,6-7,10,15H2. The fourth-order valence-corrected chi connectivity index (χ4v) is 1.89. The molecule has 1 aliphatic rings. The molecule has 4 nitrogen and oxygen atoms in total. The third-order valence-electron chi connectivity index (χ3n) is 3.00. The molecular weight excluding hydrogens is 226 g/mol.